The van der Waals surface area contributed by atoms with Crippen molar-refractivity contribution >= 4 is 35.0 Å². The number of methoxy groups -OCH3 is 1. The van der Waals surface area contributed by atoms with E-state index in [0.29, 0.717) is 16.3 Å². The molecule has 0 fully saturated rings. The Hall–Kier alpha value is -2.80. The molecule has 7 nitrogen and oxygen atoms in total. The van der Waals surface area contributed by atoms with E-state index >= 15 is 0 Å². The van der Waals surface area contributed by atoms with Crippen molar-refractivity contribution < 1.29 is 23.9 Å². The van der Waals surface area contributed by atoms with Crippen LogP contribution in [0.25, 0.3) is 0 Å². The molecule has 0 spiro atoms. The van der Waals surface area contributed by atoms with E-state index in [9.17, 15) is 14.4 Å². The van der Waals surface area contributed by atoms with E-state index in [1.165, 1.54) is 32.2 Å². The molecule has 2 rings (SSSR count). The minimum absolute atomic E-state index is 0.115. The van der Waals surface area contributed by atoms with Crippen molar-refractivity contribution in [1.82, 2.24) is 4.98 Å². The number of carbonyl (C=O) groups is 3. The monoisotopic (exact) mass is 378 g/mol. The number of hydrogen-bond donors (Lipinski definition) is 2. The molecule has 26 heavy (non-hydrogen) atoms. The molecule has 0 aliphatic carbocycles. The number of H-pyrrole nitrogens is 1. The number of benzene rings is 1. The number of halogens is 1. The number of aryl methyl sites for hydroxylation is 1. The molecule has 1 heterocycles. The van der Waals surface area contributed by atoms with Gasteiger partial charge in [-0.15, -0.1) is 0 Å². The van der Waals surface area contributed by atoms with Crippen molar-refractivity contribution in [3.05, 3.63) is 51.3 Å². The van der Waals surface area contributed by atoms with Gasteiger partial charge in [0.1, 0.15) is 0 Å². The fraction of sp³-hybridized carbons (Fsp3) is 0.278. The molecule has 0 radical (unpaired) electrons. The predicted octanol–water partition coefficient (Wildman–Crippen LogP) is 3.08. The van der Waals surface area contributed by atoms with Gasteiger partial charge in [-0.2, -0.15) is 0 Å². The lowest BCUT2D eigenvalue weighted by Gasteiger charge is -2.13. The summed E-state index contributed by atoms with van der Waals surface area (Å²) in [6, 6.07) is 4.35. The molecular weight excluding hydrogens is 360 g/mol. The van der Waals surface area contributed by atoms with Crippen LogP contribution in [0, 0.1) is 13.8 Å². The van der Waals surface area contributed by atoms with Crippen molar-refractivity contribution in [2.45, 2.75) is 26.9 Å². The molecule has 0 amide bonds. The van der Waals surface area contributed by atoms with E-state index in [0.717, 1.165) is 0 Å². The second kappa shape index (κ2) is 7.61. The Morgan fingerprint density at radius 3 is 2.42 bits per heavy atom. The Labute approximate surface area is 155 Å². The number of hydrogen-bond acceptors (Lipinski definition) is 6. The van der Waals surface area contributed by atoms with E-state index in [4.69, 9.17) is 26.8 Å². The number of nitrogen functional groups attached to an aromatic ring is 1. The van der Waals surface area contributed by atoms with E-state index in [1.54, 1.807) is 13.8 Å². The molecule has 3 N–H and O–H groups in total. The van der Waals surface area contributed by atoms with E-state index in [-0.39, 0.29) is 22.5 Å². The topological polar surface area (TPSA) is 111 Å². The van der Waals surface area contributed by atoms with Crippen LogP contribution >= 0.6 is 11.6 Å². The Bertz CT molecular complexity index is 888. The number of nitrogens with two attached hydrogens (primary N) is 1. The lowest BCUT2D eigenvalue weighted by atomic mass is 10.1. The summed E-state index contributed by atoms with van der Waals surface area (Å²) in [7, 11) is 1.26. The largest absolute Gasteiger partial charge is 0.465 e. The Kier molecular flexibility index (Phi) is 5.72. The molecule has 138 valence electrons. The number of rotatable bonds is 5. The zero-order valence-electron chi connectivity index (χ0n) is 14.8. The zero-order valence-corrected chi connectivity index (χ0v) is 15.6. The lowest BCUT2D eigenvalue weighted by Crippen LogP contribution is -2.25. The van der Waals surface area contributed by atoms with Crippen LogP contribution in [0.4, 0.5) is 5.69 Å². The highest BCUT2D eigenvalue weighted by Gasteiger charge is 2.28. The van der Waals surface area contributed by atoms with Crippen LogP contribution in [-0.4, -0.2) is 35.9 Å². The maximum atomic E-state index is 12.6. The van der Waals surface area contributed by atoms with Crippen molar-refractivity contribution in [2.24, 2.45) is 0 Å². The number of ketones is 1. The molecule has 0 saturated heterocycles. The lowest BCUT2D eigenvalue weighted by molar-refractivity contribution is 0.0317. The first-order valence-electron chi connectivity index (χ1n) is 7.75. The number of ether oxygens (including phenoxy) is 2. The van der Waals surface area contributed by atoms with Gasteiger partial charge in [0.15, 0.2) is 6.10 Å². The van der Waals surface area contributed by atoms with Gasteiger partial charge in [-0.1, -0.05) is 11.6 Å². The summed E-state index contributed by atoms with van der Waals surface area (Å²) in [5.41, 5.74) is 7.43. The maximum Gasteiger partial charge on any atom is 0.340 e. The summed E-state index contributed by atoms with van der Waals surface area (Å²) >= 11 is 5.80. The fourth-order valence-electron chi connectivity index (χ4n) is 2.60. The Morgan fingerprint density at radius 1 is 1.19 bits per heavy atom. The van der Waals surface area contributed by atoms with Gasteiger partial charge < -0.3 is 20.2 Å². The highest BCUT2D eigenvalue weighted by Crippen LogP contribution is 2.22. The smallest absolute Gasteiger partial charge is 0.340 e. The minimum Gasteiger partial charge on any atom is -0.465 e. The van der Waals surface area contributed by atoms with E-state index in [1.807, 2.05) is 0 Å². The molecule has 1 aromatic carbocycles. The van der Waals surface area contributed by atoms with E-state index in [2.05, 4.69) is 4.98 Å². The molecule has 0 unspecified atom stereocenters. The van der Waals surface area contributed by atoms with E-state index < -0.39 is 23.8 Å². The van der Waals surface area contributed by atoms with Gasteiger partial charge in [0.05, 0.1) is 23.9 Å². The van der Waals surface area contributed by atoms with Gasteiger partial charge in [0.25, 0.3) is 0 Å². The summed E-state index contributed by atoms with van der Waals surface area (Å²) < 4.78 is 9.93. The summed E-state index contributed by atoms with van der Waals surface area (Å²) in [4.78, 5) is 39.6. The van der Waals surface area contributed by atoms with Crippen LogP contribution in [0.15, 0.2) is 18.2 Å². The molecule has 2 aromatic rings. The molecule has 0 aliphatic heterocycles. The Morgan fingerprint density at radius 2 is 1.85 bits per heavy atom. The van der Waals surface area contributed by atoms with Gasteiger partial charge in [-0.3, -0.25) is 4.79 Å². The average molecular weight is 379 g/mol. The van der Waals surface area contributed by atoms with Crippen LogP contribution in [0.3, 0.4) is 0 Å². The van der Waals surface area contributed by atoms with Crippen LogP contribution in [0.1, 0.15) is 49.4 Å². The van der Waals surface area contributed by atoms with Gasteiger partial charge in [-0.25, -0.2) is 9.59 Å². The third-order valence-corrected chi connectivity index (χ3v) is 4.20. The highest BCUT2D eigenvalue weighted by molar-refractivity contribution is 6.31. The summed E-state index contributed by atoms with van der Waals surface area (Å²) in [5, 5.41) is 0.385. The van der Waals surface area contributed by atoms with Crippen molar-refractivity contribution in [2.75, 3.05) is 12.8 Å². The molecular formula is C18H19ClN2O5. The van der Waals surface area contributed by atoms with Gasteiger partial charge in [0, 0.05) is 16.4 Å². The standard InChI is InChI=1S/C18H19ClN2O5/c1-8-14(18(24)25-4)9(2)21-15(8)16(22)10(3)26-17(23)12-6-5-11(19)7-13(12)20/h5-7,10,21H,20H2,1-4H3/t10-/m1/s1. The Balaban J connectivity index is 2.22. The number of anilines is 1. The van der Waals surface area contributed by atoms with Gasteiger partial charge >= 0.3 is 11.9 Å². The van der Waals surface area contributed by atoms with Crippen molar-refractivity contribution in [3.63, 3.8) is 0 Å². The third kappa shape index (κ3) is 3.72. The molecule has 1 atom stereocenters. The number of nitrogens with one attached hydrogen (secondary N) is 1. The summed E-state index contributed by atoms with van der Waals surface area (Å²) in [5.74, 6) is -1.76. The van der Waals surface area contributed by atoms with Crippen LogP contribution in [-0.2, 0) is 9.47 Å². The van der Waals surface area contributed by atoms with Crippen LogP contribution in [0.5, 0.6) is 0 Å². The first-order valence-corrected chi connectivity index (χ1v) is 8.12. The first kappa shape index (κ1) is 19.5. The van der Waals surface area contributed by atoms with Crippen molar-refractivity contribution in [1.29, 1.82) is 0 Å². The number of aromatic nitrogens is 1. The summed E-state index contributed by atoms with van der Waals surface area (Å²) in [6.07, 6.45) is -1.08. The minimum atomic E-state index is -1.08. The normalized spacial score (nSPS) is 11.7. The SMILES string of the molecule is COC(=O)c1c(C)[nH]c(C(=O)[C@@H](C)OC(=O)c2ccc(Cl)cc2N)c1C. The predicted molar refractivity (Wildman–Crippen MR) is 96.7 cm³/mol. The van der Waals surface area contributed by atoms with Gasteiger partial charge in [-0.05, 0) is 44.5 Å². The molecule has 0 aliphatic rings. The number of carbonyl (C=O) groups excluding carboxylic acids is 3. The van der Waals surface area contributed by atoms with Crippen LogP contribution in [0.2, 0.25) is 5.02 Å². The van der Waals surface area contributed by atoms with Crippen LogP contribution < -0.4 is 5.73 Å². The molecule has 0 saturated carbocycles. The van der Waals surface area contributed by atoms with Gasteiger partial charge in [0.2, 0.25) is 5.78 Å². The second-order valence-corrected chi connectivity index (χ2v) is 6.20. The zero-order chi connectivity index (χ0) is 19.6. The number of aromatic amines is 1. The average Bonchev–Trinajstić information content (AvgIpc) is 2.87. The molecule has 8 heteroatoms. The quantitative estimate of drug-likeness (QED) is 0.469. The number of Topliss-reactive ketones (excluding diaryl/α,β-unsaturated/α-hetero) is 1. The third-order valence-electron chi connectivity index (χ3n) is 3.96. The highest BCUT2D eigenvalue weighted by atomic mass is 35.5. The molecule has 1 aromatic heterocycles. The number of esters is 2. The summed E-state index contributed by atoms with van der Waals surface area (Å²) in [6.45, 7) is 4.72. The fourth-order valence-corrected chi connectivity index (χ4v) is 2.79. The van der Waals surface area contributed by atoms with Crippen molar-refractivity contribution in [3.8, 4) is 0 Å². The molecule has 0 bridgehead atoms. The second-order valence-electron chi connectivity index (χ2n) is 5.76. The first-order chi connectivity index (χ1) is 12.2. The maximum absolute atomic E-state index is 12.6.